The molecule has 4 aliphatic rings. The third-order valence-electron chi connectivity index (χ3n) is 9.57. The Morgan fingerprint density at radius 1 is 0.552 bits per heavy atom. The van der Waals surface area contributed by atoms with E-state index in [1.165, 1.54) is 57.8 Å². The van der Waals surface area contributed by atoms with Crippen LogP contribution in [0.25, 0.3) is 0 Å². The molecule has 4 fully saturated rings. The highest BCUT2D eigenvalue weighted by Gasteiger charge is 2.44. The maximum Gasteiger partial charge on any atom is 0.154 e. The molecule has 6 atom stereocenters. The first kappa shape index (κ1) is 22.0. The van der Waals surface area contributed by atoms with Crippen molar-refractivity contribution in [3.8, 4) is 0 Å². The van der Waals surface area contributed by atoms with E-state index in [0.717, 1.165) is 50.4 Å². The summed E-state index contributed by atoms with van der Waals surface area (Å²) in [6, 6.07) is 0. The van der Waals surface area contributed by atoms with E-state index in [4.69, 9.17) is 0 Å². The second-order valence-electron chi connectivity index (χ2n) is 11.0. The van der Waals surface area contributed by atoms with E-state index in [1.54, 1.807) is 0 Å². The average Bonchev–Trinajstić information content (AvgIpc) is 3.25. The van der Waals surface area contributed by atoms with Gasteiger partial charge in [0.25, 0.3) is 0 Å². The largest absolute Gasteiger partial charge is 0.393 e. The summed E-state index contributed by atoms with van der Waals surface area (Å²) in [6.45, 7) is 0. The molecule has 4 aliphatic carbocycles. The molecule has 5 unspecified atom stereocenters. The molecule has 168 valence electrons. The van der Waals surface area contributed by atoms with Crippen molar-refractivity contribution in [3.05, 3.63) is 0 Å². The Balaban J connectivity index is 1.32. The first-order chi connectivity index (χ1) is 14.0. The number of hydrogen-bond acceptors (Lipinski definition) is 4. The van der Waals surface area contributed by atoms with E-state index in [0.29, 0.717) is 11.8 Å². The molecule has 0 aromatic rings. The SMILES string of the molecule is OC1CCC(C(O)C2CCC[C@@H]2C(O)O)CC1C1CCC(C2CCCCC2)CC1. The van der Waals surface area contributed by atoms with Crippen molar-refractivity contribution in [3.63, 3.8) is 0 Å². The van der Waals surface area contributed by atoms with Gasteiger partial charge in [-0.1, -0.05) is 38.5 Å². The van der Waals surface area contributed by atoms with Gasteiger partial charge in [-0.3, -0.25) is 0 Å². The lowest BCUT2D eigenvalue weighted by Crippen LogP contribution is -2.43. The van der Waals surface area contributed by atoms with E-state index in [-0.39, 0.29) is 23.9 Å². The number of rotatable bonds is 5. The molecular formula is C25H44O4. The Hall–Kier alpha value is -0.160. The van der Waals surface area contributed by atoms with Gasteiger partial charge in [-0.15, -0.1) is 0 Å². The van der Waals surface area contributed by atoms with Crippen molar-refractivity contribution >= 4 is 0 Å². The van der Waals surface area contributed by atoms with Crippen LogP contribution in [0.1, 0.15) is 96.3 Å². The van der Waals surface area contributed by atoms with Gasteiger partial charge in [-0.2, -0.15) is 0 Å². The summed E-state index contributed by atoms with van der Waals surface area (Å²) < 4.78 is 0. The van der Waals surface area contributed by atoms with E-state index >= 15 is 0 Å². The lowest BCUT2D eigenvalue weighted by molar-refractivity contribution is -0.120. The van der Waals surface area contributed by atoms with E-state index < -0.39 is 12.4 Å². The lowest BCUT2D eigenvalue weighted by atomic mass is 9.63. The van der Waals surface area contributed by atoms with Crippen LogP contribution in [0.5, 0.6) is 0 Å². The van der Waals surface area contributed by atoms with Gasteiger partial charge >= 0.3 is 0 Å². The normalized spacial score (nSPS) is 43.6. The summed E-state index contributed by atoms with van der Waals surface area (Å²) >= 11 is 0. The highest BCUT2D eigenvalue weighted by molar-refractivity contribution is 4.93. The van der Waals surface area contributed by atoms with Crippen molar-refractivity contribution in [2.45, 2.75) is 115 Å². The highest BCUT2D eigenvalue weighted by Crippen LogP contribution is 2.48. The van der Waals surface area contributed by atoms with Crippen LogP contribution in [-0.4, -0.2) is 38.9 Å². The summed E-state index contributed by atoms with van der Waals surface area (Å²) in [7, 11) is 0. The van der Waals surface area contributed by atoms with Crippen molar-refractivity contribution < 1.29 is 20.4 Å². The average molecular weight is 409 g/mol. The van der Waals surface area contributed by atoms with Gasteiger partial charge in [0.15, 0.2) is 6.29 Å². The topological polar surface area (TPSA) is 80.9 Å². The zero-order chi connectivity index (χ0) is 20.4. The summed E-state index contributed by atoms with van der Waals surface area (Å²) in [5, 5.41) is 41.3. The maximum absolute atomic E-state index is 11.1. The van der Waals surface area contributed by atoms with Crippen LogP contribution in [0, 0.1) is 41.4 Å². The highest BCUT2D eigenvalue weighted by atomic mass is 16.5. The molecule has 0 saturated heterocycles. The van der Waals surface area contributed by atoms with Crippen molar-refractivity contribution in [2.75, 3.05) is 0 Å². The molecule has 4 rings (SSSR count). The molecule has 4 N–H and O–H groups in total. The van der Waals surface area contributed by atoms with E-state index in [1.807, 2.05) is 0 Å². The molecule has 0 bridgehead atoms. The Kier molecular flexibility index (Phi) is 7.58. The fraction of sp³-hybridized carbons (Fsp3) is 1.00. The number of aliphatic hydroxyl groups is 4. The summed E-state index contributed by atoms with van der Waals surface area (Å²) in [5.74, 6) is 2.86. The van der Waals surface area contributed by atoms with Gasteiger partial charge in [0.2, 0.25) is 0 Å². The Morgan fingerprint density at radius 2 is 1.17 bits per heavy atom. The zero-order valence-corrected chi connectivity index (χ0v) is 18.2. The third kappa shape index (κ3) is 5.02. The van der Waals surface area contributed by atoms with Crippen LogP contribution >= 0.6 is 0 Å². The standard InChI is InChI=1S/C25H44O4/c26-23-14-13-19(24(27)20-7-4-8-21(20)25(28)29)15-22(23)18-11-9-17(10-12-18)16-5-2-1-3-6-16/h16-29H,1-15H2/t17?,18?,19?,20?,21-,22?,23?,24?/m0/s1. The van der Waals surface area contributed by atoms with Crippen molar-refractivity contribution in [1.29, 1.82) is 0 Å². The molecule has 4 nitrogen and oxygen atoms in total. The molecule has 0 aliphatic heterocycles. The Morgan fingerprint density at radius 3 is 1.86 bits per heavy atom. The quantitative estimate of drug-likeness (QED) is 0.513. The van der Waals surface area contributed by atoms with Gasteiger partial charge in [-0.05, 0) is 93.3 Å². The smallest absolute Gasteiger partial charge is 0.154 e. The second kappa shape index (κ2) is 9.97. The Labute approximate surface area is 177 Å². The van der Waals surface area contributed by atoms with E-state index in [9.17, 15) is 20.4 Å². The minimum absolute atomic E-state index is 0.0120. The molecule has 0 radical (unpaired) electrons. The molecule has 0 aromatic heterocycles. The van der Waals surface area contributed by atoms with E-state index in [2.05, 4.69) is 0 Å². The zero-order valence-electron chi connectivity index (χ0n) is 18.2. The Bertz CT molecular complexity index is 495. The number of aliphatic hydroxyl groups excluding tert-OH is 3. The molecule has 29 heavy (non-hydrogen) atoms. The summed E-state index contributed by atoms with van der Waals surface area (Å²) in [5.41, 5.74) is 0. The first-order valence-electron chi connectivity index (χ1n) is 12.8. The monoisotopic (exact) mass is 408 g/mol. The minimum atomic E-state index is -1.31. The fourth-order valence-electron chi connectivity index (χ4n) is 7.85. The van der Waals surface area contributed by atoms with Crippen molar-refractivity contribution in [1.82, 2.24) is 0 Å². The lowest BCUT2D eigenvalue weighted by Gasteiger charge is -2.44. The number of hydrogen-bond donors (Lipinski definition) is 4. The van der Waals surface area contributed by atoms with Gasteiger partial charge in [0.1, 0.15) is 0 Å². The van der Waals surface area contributed by atoms with Crippen LogP contribution in [0.4, 0.5) is 0 Å². The van der Waals surface area contributed by atoms with Crippen LogP contribution in [0.15, 0.2) is 0 Å². The molecule has 0 spiro atoms. The van der Waals surface area contributed by atoms with Crippen LogP contribution in [0.2, 0.25) is 0 Å². The van der Waals surface area contributed by atoms with Gasteiger partial charge < -0.3 is 20.4 Å². The van der Waals surface area contributed by atoms with Gasteiger partial charge in [0.05, 0.1) is 12.2 Å². The third-order valence-corrected chi connectivity index (χ3v) is 9.57. The van der Waals surface area contributed by atoms with Gasteiger partial charge in [-0.25, -0.2) is 0 Å². The van der Waals surface area contributed by atoms with Crippen molar-refractivity contribution in [2.24, 2.45) is 41.4 Å². The van der Waals surface area contributed by atoms with Crippen LogP contribution in [-0.2, 0) is 0 Å². The molecule has 0 amide bonds. The van der Waals surface area contributed by atoms with Crippen LogP contribution in [0.3, 0.4) is 0 Å². The fourth-order valence-corrected chi connectivity index (χ4v) is 7.85. The molecule has 0 aromatic carbocycles. The molecule has 0 heterocycles. The predicted molar refractivity (Wildman–Crippen MR) is 114 cm³/mol. The summed E-state index contributed by atoms with van der Waals surface area (Å²) in [4.78, 5) is 0. The summed E-state index contributed by atoms with van der Waals surface area (Å²) in [6.07, 6.45) is 15.7. The molecule has 4 heteroatoms. The van der Waals surface area contributed by atoms with Crippen LogP contribution < -0.4 is 0 Å². The maximum atomic E-state index is 11.1. The minimum Gasteiger partial charge on any atom is -0.393 e. The first-order valence-corrected chi connectivity index (χ1v) is 12.8. The molecular weight excluding hydrogens is 364 g/mol. The molecule has 4 saturated carbocycles. The van der Waals surface area contributed by atoms with Gasteiger partial charge in [0, 0.05) is 5.92 Å². The predicted octanol–water partition coefficient (Wildman–Crippen LogP) is 4.24. The second-order valence-corrected chi connectivity index (χ2v) is 11.0.